The molecule has 166 valence electrons. The Morgan fingerprint density at radius 2 is 1.28 bits per heavy atom. The summed E-state index contributed by atoms with van der Waals surface area (Å²) in [6.45, 7) is 0.0161. The summed E-state index contributed by atoms with van der Waals surface area (Å²) >= 11 is 0. The van der Waals surface area contributed by atoms with Crippen LogP contribution in [0.1, 0.15) is 10.4 Å². The fourth-order valence-corrected chi connectivity index (χ4v) is 2.68. The van der Waals surface area contributed by atoms with Gasteiger partial charge in [0, 0.05) is 28.3 Å². The Kier molecular flexibility index (Phi) is 6.83. The van der Waals surface area contributed by atoms with Crippen LogP contribution in [0, 0.1) is 0 Å². The molecule has 3 aromatic carbocycles. The molecule has 0 saturated heterocycles. The molecule has 0 heterocycles. The minimum absolute atomic E-state index is 0.0161. The van der Waals surface area contributed by atoms with Gasteiger partial charge in [-0.1, -0.05) is 0 Å². The number of rotatable bonds is 8. The molecule has 0 unspecified atom stereocenters. The number of carbonyl (C=O) groups is 2. The summed E-state index contributed by atoms with van der Waals surface area (Å²) in [7, 11) is 0. The molecule has 0 aromatic heterocycles. The van der Waals surface area contributed by atoms with Gasteiger partial charge in [0.15, 0.2) is 0 Å². The lowest BCUT2D eigenvalue weighted by atomic mass is 10.2. The van der Waals surface area contributed by atoms with Crippen molar-refractivity contribution < 1.29 is 27.5 Å². The molecule has 3 rings (SSSR count). The van der Waals surface area contributed by atoms with E-state index in [0.717, 1.165) is 0 Å². The highest BCUT2D eigenvalue weighted by Gasteiger charge is 2.30. The number of ether oxygens (including phenoxy) is 1. The molecule has 7 nitrogen and oxygen atoms in total. The van der Waals surface area contributed by atoms with Crippen molar-refractivity contribution in [2.24, 2.45) is 5.73 Å². The number of nitrogens with two attached hydrogens (primary N) is 1. The lowest BCUT2D eigenvalue weighted by Crippen LogP contribution is -2.21. The van der Waals surface area contributed by atoms with Crippen molar-refractivity contribution in [2.45, 2.75) is 6.36 Å². The van der Waals surface area contributed by atoms with Gasteiger partial charge in [-0.15, -0.1) is 13.2 Å². The summed E-state index contributed by atoms with van der Waals surface area (Å²) in [5, 5.41) is 8.71. The van der Waals surface area contributed by atoms with Crippen molar-refractivity contribution in [3.63, 3.8) is 0 Å². The Balaban J connectivity index is 1.48. The van der Waals surface area contributed by atoms with E-state index < -0.39 is 12.3 Å². The van der Waals surface area contributed by atoms with Crippen LogP contribution in [0.5, 0.6) is 5.75 Å². The number of hydrogen-bond donors (Lipinski definition) is 4. The molecule has 0 spiro atoms. The molecule has 0 bridgehead atoms. The predicted molar refractivity (Wildman–Crippen MR) is 115 cm³/mol. The van der Waals surface area contributed by atoms with E-state index >= 15 is 0 Å². The molecule has 0 aliphatic heterocycles. The van der Waals surface area contributed by atoms with E-state index in [-0.39, 0.29) is 18.2 Å². The van der Waals surface area contributed by atoms with Gasteiger partial charge in [-0.2, -0.15) is 0 Å². The summed E-state index contributed by atoms with van der Waals surface area (Å²) < 4.78 is 40.4. The van der Waals surface area contributed by atoms with E-state index in [2.05, 4.69) is 20.7 Å². The fraction of sp³-hybridized carbons (Fsp3) is 0.0909. The molecule has 0 saturated carbocycles. The van der Waals surface area contributed by atoms with Crippen molar-refractivity contribution in [3.8, 4) is 5.75 Å². The summed E-state index contributed by atoms with van der Waals surface area (Å²) in [6.07, 6.45) is -4.74. The highest BCUT2D eigenvalue weighted by molar-refractivity contribution is 5.94. The standard InChI is InChI=1S/C22H19F3N4O3/c23-22(24,25)32-19-11-9-17(10-12-19)28-16-5-7-18(8-6-16)29-20(30)13-27-15-3-1-14(2-4-15)21(26)31/h1-12,27-28H,13H2,(H2,26,31)(H,29,30). The second-order valence-corrected chi connectivity index (χ2v) is 6.62. The molecular formula is C22H19F3N4O3. The monoisotopic (exact) mass is 444 g/mol. The Morgan fingerprint density at radius 3 is 1.81 bits per heavy atom. The van der Waals surface area contributed by atoms with Gasteiger partial charge in [-0.25, -0.2) is 0 Å². The minimum Gasteiger partial charge on any atom is -0.406 e. The van der Waals surface area contributed by atoms with Gasteiger partial charge in [0.05, 0.1) is 6.54 Å². The molecule has 10 heteroatoms. The average molecular weight is 444 g/mol. The van der Waals surface area contributed by atoms with Gasteiger partial charge in [0.1, 0.15) is 5.75 Å². The molecule has 0 radical (unpaired) electrons. The first-order valence-corrected chi connectivity index (χ1v) is 9.34. The smallest absolute Gasteiger partial charge is 0.406 e. The van der Waals surface area contributed by atoms with Crippen molar-refractivity contribution in [2.75, 3.05) is 22.5 Å². The maximum atomic E-state index is 12.2. The van der Waals surface area contributed by atoms with Crippen LogP contribution in [0.15, 0.2) is 72.8 Å². The molecular weight excluding hydrogens is 425 g/mol. The SMILES string of the molecule is NC(=O)c1ccc(NCC(=O)Nc2ccc(Nc3ccc(OC(F)(F)F)cc3)cc2)cc1. The Bertz CT molecular complexity index is 1070. The van der Waals surface area contributed by atoms with E-state index in [4.69, 9.17) is 5.73 Å². The van der Waals surface area contributed by atoms with Gasteiger partial charge in [0.2, 0.25) is 11.8 Å². The second-order valence-electron chi connectivity index (χ2n) is 6.62. The number of benzene rings is 3. The number of alkyl halides is 3. The number of carbonyl (C=O) groups excluding carboxylic acids is 2. The first kappa shape index (κ1) is 22.5. The zero-order valence-electron chi connectivity index (χ0n) is 16.6. The van der Waals surface area contributed by atoms with Crippen molar-refractivity contribution in [1.29, 1.82) is 0 Å². The number of nitrogens with one attached hydrogen (secondary N) is 3. The van der Waals surface area contributed by atoms with Crippen molar-refractivity contribution >= 4 is 34.6 Å². The number of primary amides is 1. The third kappa shape index (κ3) is 6.94. The third-order valence-corrected chi connectivity index (χ3v) is 4.17. The summed E-state index contributed by atoms with van der Waals surface area (Å²) in [5.74, 6) is -1.11. The van der Waals surface area contributed by atoms with Crippen LogP contribution < -0.4 is 26.4 Å². The third-order valence-electron chi connectivity index (χ3n) is 4.17. The largest absolute Gasteiger partial charge is 0.573 e. The Morgan fingerprint density at radius 1 is 0.781 bits per heavy atom. The van der Waals surface area contributed by atoms with Gasteiger partial charge in [0.25, 0.3) is 0 Å². The van der Waals surface area contributed by atoms with Crippen LogP contribution in [0.4, 0.5) is 35.9 Å². The molecule has 32 heavy (non-hydrogen) atoms. The zero-order chi connectivity index (χ0) is 23.1. The maximum Gasteiger partial charge on any atom is 0.573 e. The lowest BCUT2D eigenvalue weighted by Gasteiger charge is -2.11. The Labute approximate surface area is 181 Å². The highest BCUT2D eigenvalue weighted by atomic mass is 19.4. The van der Waals surface area contributed by atoms with Crippen LogP contribution in [-0.2, 0) is 4.79 Å². The normalized spacial score (nSPS) is 10.8. The van der Waals surface area contributed by atoms with Crippen LogP contribution in [-0.4, -0.2) is 24.7 Å². The second kappa shape index (κ2) is 9.73. The summed E-state index contributed by atoms with van der Waals surface area (Å²) in [6, 6.07) is 18.5. The van der Waals surface area contributed by atoms with Crippen LogP contribution in [0.25, 0.3) is 0 Å². The van der Waals surface area contributed by atoms with Gasteiger partial charge in [-0.05, 0) is 72.8 Å². The molecule has 5 N–H and O–H groups in total. The van der Waals surface area contributed by atoms with Gasteiger partial charge in [-0.3, -0.25) is 9.59 Å². The van der Waals surface area contributed by atoms with E-state index in [1.165, 1.54) is 24.3 Å². The maximum absolute atomic E-state index is 12.2. The first-order chi connectivity index (χ1) is 15.2. The quantitative estimate of drug-likeness (QED) is 0.410. The highest BCUT2D eigenvalue weighted by Crippen LogP contribution is 2.25. The van der Waals surface area contributed by atoms with E-state index in [1.807, 2.05) is 0 Å². The van der Waals surface area contributed by atoms with E-state index in [1.54, 1.807) is 48.5 Å². The first-order valence-electron chi connectivity index (χ1n) is 9.34. The topological polar surface area (TPSA) is 105 Å². The summed E-state index contributed by atoms with van der Waals surface area (Å²) in [4.78, 5) is 23.2. The van der Waals surface area contributed by atoms with Gasteiger partial charge >= 0.3 is 6.36 Å². The average Bonchev–Trinajstić information content (AvgIpc) is 2.74. The minimum atomic E-state index is -4.74. The molecule has 0 atom stereocenters. The number of hydrogen-bond acceptors (Lipinski definition) is 5. The number of anilines is 4. The summed E-state index contributed by atoms with van der Waals surface area (Å²) in [5.41, 5.74) is 8.04. The van der Waals surface area contributed by atoms with Crippen molar-refractivity contribution in [1.82, 2.24) is 0 Å². The van der Waals surface area contributed by atoms with Crippen LogP contribution in [0.2, 0.25) is 0 Å². The van der Waals surface area contributed by atoms with E-state index in [0.29, 0.717) is 28.3 Å². The lowest BCUT2D eigenvalue weighted by molar-refractivity contribution is -0.274. The molecule has 3 aromatic rings. The Hall–Kier alpha value is -4.21. The molecule has 2 amide bonds. The van der Waals surface area contributed by atoms with Crippen LogP contribution in [0.3, 0.4) is 0 Å². The van der Waals surface area contributed by atoms with Crippen LogP contribution >= 0.6 is 0 Å². The zero-order valence-corrected chi connectivity index (χ0v) is 16.6. The number of halogens is 3. The van der Waals surface area contributed by atoms with Crippen molar-refractivity contribution in [3.05, 3.63) is 78.4 Å². The molecule has 0 fully saturated rings. The molecule has 0 aliphatic rings. The fourth-order valence-electron chi connectivity index (χ4n) is 2.68. The van der Waals surface area contributed by atoms with Gasteiger partial charge < -0.3 is 26.4 Å². The number of amides is 2. The molecule has 0 aliphatic carbocycles. The predicted octanol–water partition coefficient (Wildman–Crippen LogP) is 4.48. The van der Waals surface area contributed by atoms with E-state index in [9.17, 15) is 22.8 Å².